The summed E-state index contributed by atoms with van der Waals surface area (Å²) >= 11 is 1.65. The molecule has 1 aromatic heterocycles. The topological polar surface area (TPSA) is 16.1 Å². The lowest BCUT2D eigenvalue weighted by Gasteiger charge is -2.04. The molecule has 0 fully saturated rings. The van der Waals surface area contributed by atoms with E-state index in [1.165, 1.54) is 4.88 Å². The predicted octanol–water partition coefficient (Wildman–Crippen LogP) is 2.60. The van der Waals surface area contributed by atoms with Crippen molar-refractivity contribution in [3.63, 3.8) is 0 Å². The van der Waals surface area contributed by atoms with E-state index in [9.17, 15) is 0 Å². The monoisotopic (exact) mass is 242 g/mol. The van der Waals surface area contributed by atoms with Gasteiger partial charge < -0.3 is 4.90 Å². The molecule has 0 aliphatic rings. The third kappa shape index (κ3) is 3.70. The minimum atomic E-state index is 0.880. The summed E-state index contributed by atoms with van der Waals surface area (Å²) in [6.45, 7) is 0.921. The van der Waals surface area contributed by atoms with Gasteiger partial charge >= 0.3 is 0 Å². The predicted molar refractivity (Wildman–Crippen MR) is 71.9 cm³/mol. The summed E-state index contributed by atoms with van der Waals surface area (Å²) in [5, 5.41) is 0.880. The molecule has 2 aromatic rings. The molecule has 86 valence electrons. The van der Waals surface area contributed by atoms with Crippen molar-refractivity contribution in [3.05, 3.63) is 52.0 Å². The standard InChI is InChI=1S/C14H14N2S/c1-16(2)11-13-10-15-14(17-13)9-8-12-6-4-3-5-7-12/h3-7,10H,11H2,1-2H3. The fraction of sp³-hybridized carbons (Fsp3) is 0.214. The van der Waals surface area contributed by atoms with E-state index in [1.54, 1.807) is 11.3 Å². The van der Waals surface area contributed by atoms with Crippen LogP contribution in [0.3, 0.4) is 0 Å². The first kappa shape index (κ1) is 11.8. The number of nitrogens with zero attached hydrogens (tertiary/aromatic N) is 2. The lowest BCUT2D eigenvalue weighted by atomic mass is 10.2. The van der Waals surface area contributed by atoms with Gasteiger partial charge in [-0.25, -0.2) is 4.98 Å². The quantitative estimate of drug-likeness (QED) is 0.753. The van der Waals surface area contributed by atoms with E-state index in [4.69, 9.17) is 0 Å². The van der Waals surface area contributed by atoms with Crippen molar-refractivity contribution >= 4 is 11.3 Å². The van der Waals surface area contributed by atoms with Gasteiger partial charge in [-0.15, -0.1) is 11.3 Å². The lowest BCUT2D eigenvalue weighted by molar-refractivity contribution is 0.406. The van der Waals surface area contributed by atoms with Gasteiger partial charge in [0.25, 0.3) is 0 Å². The van der Waals surface area contributed by atoms with Gasteiger partial charge in [-0.3, -0.25) is 0 Å². The molecule has 0 saturated heterocycles. The molecule has 0 saturated carbocycles. The molecule has 0 aliphatic carbocycles. The highest BCUT2D eigenvalue weighted by Crippen LogP contribution is 2.13. The van der Waals surface area contributed by atoms with Crippen molar-refractivity contribution in [2.45, 2.75) is 6.54 Å². The van der Waals surface area contributed by atoms with Crippen molar-refractivity contribution in [1.82, 2.24) is 9.88 Å². The summed E-state index contributed by atoms with van der Waals surface area (Å²) in [6.07, 6.45) is 1.90. The first-order valence-electron chi connectivity index (χ1n) is 5.40. The van der Waals surface area contributed by atoms with Gasteiger partial charge in [0.15, 0.2) is 5.01 Å². The summed E-state index contributed by atoms with van der Waals surface area (Å²) in [5.74, 6) is 6.21. The Morgan fingerprint density at radius 1 is 1.18 bits per heavy atom. The molecule has 0 aliphatic heterocycles. The Balaban J connectivity index is 2.10. The van der Waals surface area contributed by atoms with Gasteiger partial charge in [0.1, 0.15) is 0 Å². The fourth-order valence-electron chi connectivity index (χ4n) is 1.40. The number of aromatic nitrogens is 1. The van der Waals surface area contributed by atoms with Gasteiger partial charge in [-0.2, -0.15) is 0 Å². The molecule has 3 heteroatoms. The van der Waals surface area contributed by atoms with Crippen molar-refractivity contribution < 1.29 is 0 Å². The molecule has 1 heterocycles. The molecular formula is C14H14N2S. The largest absolute Gasteiger partial charge is 0.304 e. The van der Waals surface area contributed by atoms with Gasteiger partial charge in [-0.1, -0.05) is 24.1 Å². The zero-order valence-corrected chi connectivity index (χ0v) is 10.8. The van der Waals surface area contributed by atoms with E-state index >= 15 is 0 Å². The van der Waals surface area contributed by atoms with Crippen LogP contribution in [0.1, 0.15) is 15.4 Å². The molecule has 0 amide bonds. The van der Waals surface area contributed by atoms with E-state index in [1.807, 2.05) is 36.5 Å². The summed E-state index contributed by atoms with van der Waals surface area (Å²) in [5.41, 5.74) is 1.02. The number of hydrogen-bond acceptors (Lipinski definition) is 3. The van der Waals surface area contributed by atoms with Crippen LogP contribution in [-0.2, 0) is 6.54 Å². The van der Waals surface area contributed by atoms with Crippen LogP contribution in [-0.4, -0.2) is 24.0 Å². The van der Waals surface area contributed by atoms with Crippen molar-refractivity contribution in [1.29, 1.82) is 0 Å². The summed E-state index contributed by atoms with van der Waals surface area (Å²) in [6, 6.07) is 9.97. The third-order valence-electron chi connectivity index (χ3n) is 2.11. The second-order valence-electron chi connectivity index (χ2n) is 3.99. The molecule has 0 atom stereocenters. The van der Waals surface area contributed by atoms with Crippen molar-refractivity contribution in [3.8, 4) is 11.8 Å². The highest BCUT2D eigenvalue weighted by molar-refractivity contribution is 7.12. The number of hydrogen-bond donors (Lipinski definition) is 0. The van der Waals surface area contributed by atoms with Crippen LogP contribution in [0.15, 0.2) is 36.5 Å². The minimum Gasteiger partial charge on any atom is -0.304 e. The number of benzene rings is 1. The first-order chi connectivity index (χ1) is 8.24. The Hall–Kier alpha value is -1.63. The molecule has 0 unspecified atom stereocenters. The maximum atomic E-state index is 4.30. The fourth-order valence-corrected chi connectivity index (χ4v) is 2.28. The minimum absolute atomic E-state index is 0.880. The second kappa shape index (κ2) is 5.62. The molecule has 1 aromatic carbocycles. The van der Waals surface area contributed by atoms with E-state index in [2.05, 4.69) is 35.8 Å². The average molecular weight is 242 g/mol. The first-order valence-corrected chi connectivity index (χ1v) is 6.22. The Bertz CT molecular complexity index is 532. The highest BCUT2D eigenvalue weighted by Gasteiger charge is 2.00. The summed E-state index contributed by atoms with van der Waals surface area (Å²) in [4.78, 5) is 7.67. The Labute approximate surface area is 106 Å². The van der Waals surface area contributed by atoms with Crippen LogP contribution >= 0.6 is 11.3 Å². The zero-order valence-electron chi connectivity index (χ0n) is 9.97. The normalized spacial score (nSPS) is 10.1. The van der Waals surface area contributed by atoms with Crippen LogP contribution in [0.5, 0.6) is 0 Å². The van der Waals surface area contributed by atoms with E-state index in [0.717, 1.165) is 17.1 Å². The van der Waals surface area contributed by atoms with Crippen molar-refractivity contribution in [2.75, 3.05) is 14.1 Å². The van der Waals surface area contributed by atoms with E-state index in [0.29, 0.717) is 0 Å². The van der Waals surface area contributed by atoms with Gasteiger partial charge in [0.05, 0.1) is 0 Å². The molecular weight excluding hydrogens is 228 g/mol. The molecule has 17 heavy (non-hydrogen) atoms. The maximum absolute atomic E-state index is 4.30. The van der Waals surface area contributed by atoms with Crippen LogP contribution < -0.4 is 0 Å². The number of thiazole rings is 1. The van der Waals surface area contributed by atoms with Crippen molar-refractivity contribution in [2.24, 2.45) is 0 Å². The maximum Gasteiger partial charge on any atom is 0.167 e. The second-order valence-corrected chi connectivity index (χ2v) is 5.10. The van der Waals surface area contributed by atoms with Crippen LogP contribution in [0, 0.1) is 11.8 Å². The van der Waals surface area contributed by atoms with Crippen LogP contribution in [0.25, 0.3) is 0 Å². The smallest absolute Gasteiger partial charge is 0.167 e. The average Bonchev–Trinajstić information content (AvgIpc) is 2.75. The lowest BCUT2D eigenvalue weighted by Crippen LogP contribution is -2.09. The zero-order chi connectivity index (χ0) is 12.1. The number of rotatable bonds is 2. The van der Waals surface area contributed by atoms with Gasteiger partial charge in [0.2, 0.25) is 0 Å². The summed E-state index contributed by atoms with van der Waals surface area (Å²) < 4.78 is 0. The van der Waals surface area contributed by atoms with Crippen LogP contribution in [0.4, 0.5) is 0 Å². The van der Waals surface area contributed by atoms with E-state index < -0.39 is 0 Å². The highest BCUT2D eigenvalue weighted by atomic mass is 32.1. The molecule has 0 N–H and O–H groups in total. The van der Waals surface area contributed by atoms with E-state index in [-0.39, 0.29) is 0 Å². The molecule has 2 nitrogen and oxygen atoms in total. The van der Waals surface area contributed by atoms with Gasteiger partial charge in [-0.05, 0) is 32.1 Å². The summed E-state index contributed by atoms with van der Waals surface area (Å²) in [7, 11) is 4.10. The SMILES string of the molecule is CN(C)Cc1cnc(C#Cc2ccccc2)s1. The molecule has 0 bridgehead atoms. The Kier molecular flexibility index (Phi) is 3.92. The Morgan fingerprint density at radius 3 is 2.65 bits per heavy atom. The Morgan fingerprint density at radius 2 is 1.94 bits per heavy atom. The third-order valence-corrected chi connectivity index (χ3v) is 3.01. The van der Waals surface area contributed by atoms with Crippen LogP contribution in [0.2, 0.25) is 0 Å². The van der Waals surface area contributed by atoms with Gasteiger partial charge in [0, 0.05) is 23.2 Å². The molecule has 0 spiro atoms. The molecule has 0 radical (unpaired) electrons. The molecule has 2 rings (SSSR count).